The molecule has 0 unspecified atom stereocenters. The van der Waals surface area contributed by atoms with E-state index in [0.29, 0.717) is 24.9 Å². The fourth-order valence-electron chi connectivity index (χ4n) is 2.42. The second kappa shape index (κ2) is 10.7. The first-order chi connectivity index (χ1) is 13.5. The lowest BCUT2D eigenvalue weighted by Crippen LogP contribution is -2.19. The second-order valence-electron chi connectivity index (χ2n) is 6.47. The van der Waals surface area contributed by atoms with Gasteiger partial charge in [-0.2, -0.15) is 13.2 Å². The topological polar surface area (TPSA) is 54.2 Å². The minimum atomic E-state index is -4.68. The van der Waals surface area contributed by atoms with Crippen LogP contribution < -0.4 is 11.1 Å². The van der Waals surface area contributed by atoms with Crippen LogP contribution in [0, 0.1) is 0 Å². The molecule has 0 aliphatic heterocycles. The van der Waals surface area contributed by atoms with Gasteiger partial charge in [-0.05, 0) is 26.2 Å². The molecule has 0 fully saturated rings. The predicted molar refractivity (Wildman–Crippen MR) is 112 cm³/mol. The van der Waals surface area contributed by atoms with E-state index in [9.17, 15) is 17.6 Å². The number of alkyl halides is 3. The van der Waals surface area contributed by atoms with E-state index in [0.717, 1.165) is 0 Å². The molecule has 0 aliphatic carbocycles. The Morgan fingerprint density at radius 2 is 1.97 bits per heavy atom. The Morgan fingerprint density at radius 3 is 2.45 bits per heavy atom. The Labute approximate surface area is 168 Å². The van der Waals surface area contributed by atoms with Crippen LogP contribution in [0.4, 0.5) is 17.6 Å². The van der Waals surface area contributed by atoms with Crippen molar-refractivity contribution in [3.8, 4) is 0 Å². The van der Waals surface area contributed by atoms with Gasteiger partial charge in [0.1, 0.15) is 6.33 Å². The highest BCUT2D eigenvalue weighted by atomic mass is 19.4. The third-order valence-corrected chi connectivity index (χ3v) is 3.93. The van der Waals surface area contributed by atoms with E-state index < -0.39 is 11.7 Å². The summed E-state index contributed by atoms with van der Waals surface area (Å²) in [5, 5.41) is 2.83. The van der Waals surface area contributed by atoms with Crippen molar-refractivity contribution in [2.24, 2.45) is 5.73 Å². The maximum Gasteiger partial charge on any atom is 0.417 e. The minimum Gasteiger partial charge on any atom is -0.357 e. The third-order valence-electron chi connectivity index (χ3n) is 3.93. The number of nitrogens with zero attached hydrogens (tertiary/aromatic N) is 2. The summed E-state index contributed by atoms with van der Waals surface area (Å²) in [6.07, 6.45) is 0.390. The molecular formula is C21H26F4N4. The number of hydrogen-bond acceptors (Lipinski definition) is 4. The number of hydrogen-bond donors (Lipinski definition) is 2. The molecular weight excluding hydrogens is 384 g/mol. The molecule has 1 heterocycles. The standard InChI is InChI=1S/C21H26F4N4/c1-6-18-19(15(3)27-17(13-22)9-11-29(4)5)12-16(8-7-10-26)28-20(18)14(2)21(23,24)25/h6-8,12-13,27H,1-3,9-11,26H2,4-5H3/b8-7+,17-13-. The molecule has 0 radical (unpaired) electrons. The van der Waals surface area contributed by atoms with Crippen LogP contribution in [0.2, 0.25) is 0 Å². The van der Waals surface area contributed by atoms with Crippen molar-refractivity contribution in [1.29, 1.82) is 0 Å². The van der Waals surface area contributed by atoms with Gasteiger partial charge in [0.2, 0.25) is 0 Å². The molecule has 1 aromatic heterocycles. The quantitative estimate of drug-likeness (QED) is 0.554. The van der Waals surface area contributed by atoms with E-state index in [2.05, 4.69) is 30.0 Å². The monoisotopic (exact) mass is 410 g/mol. The summed E-state index contributed by atoms with van der Waals surface area (Å²) >= 11 is 0. The van der Waals surface area contributed by atoms with Gasteiger partial charge in [0.05, 0.1) is 17.0 Å². The summed E-state index contributed by atoms with van der Waals surface area (Å²) in [7, 11) is 3.68. The molecule has 0 amide bonds. The molecule has 0 aliphatic rings. The van der Waals surface area contributed by atoms with E-state index in [1.807, 2.05) is 19.0 Å². The molecule has 8 heteroatoms. The number of nitrogens with two attached hydrogens (primary N) is 1. The van der Waals surface area contributed by atoms with Crippen LogP contribution in [0.15, 0.2) is 43.9 Å². The highest BCUT2D eigenvalue weighted by Crippen LogP contribution is 2.36. The van der Waals surface area contributed by atoms with E-state index in [-0.39, 0.29) is 34.9 Å². The molecule has 1 rings (SSSR count). The van der Waals surface area contributed by atoms with Gasteiger partial charge in [-0.1, -0.05) is 31.9 Å². The maximum atomic E-state index is 13.3. The van der Waals surface area contributed by atoms with E-state index in [4.69, 9.17) is 5.73 Å². The Bertz CT molecular complexity index is 821. The SMILES string of the molecule is C=Cc1c(C(=C)N/C(=C\F)CCN(C)C)cc(/C=C/CN)nc1C(=C)C(F)(F)F. The van der Waals surface area contributed by atoms with Gasteiger partial charge in [0, 0.05) is 42.0 Å². The summed E-state index contributed by atoms with van der Waals surface area (Å²) in [4.78, 5) is 5.92. The molecule has 0 saturated heterocycles. The second-order valence-corrected chi connectivity index (χ2v) is 6.47. The number of nitrogens with one attached hydrogen (secondary N) is 1. The molecule has 0 spiro atoms. The van der Waals surface area contributed by atoms with Crippen molar-refractivity contribution in [3.05, 3.63) is 66.4 Å². The van der Waals surface area contributed by atoms with Crippen molar-refractivity contribution in [2.45, 2.75) is 12.6 Å². The zero-order valence-corrected chi connectivity index (χ0v) is 16.6. The normalized spacial score (nSPS) is 12.5. The van der Waals surface area contributed by atoms with Crippen molar-refractivity contribution >= 4 is 23.4 Å². The highest BCUT2D eigenvalue weighted by molar-refractivity contribution is 5.82. The third kappa shape index (κ3) is 6.99. The highest BCUT2D eigenvalue weighted by Gasteiger charge is 2.35. The molecule has 158 valence electrons. The van der Waals surface area contributed by atoms with Gasteiger partial charge in [0.25, 0.3) is 0 Å². The van der Waals surface area contributed by atoms with Crippen LogP contribution in [0.25, 0.3) is 23.4 Å². The molecule has 0 atom stereocenters. The smallest absolute Gasteiger partial charge is 0.357 e. The lowest BCUT2D eigenvalue weighted by Gasteiger charge is -2.20. The van der Waals surface area contributed by atoms with E-state index in [1.54, 1.807) is 6.08 Å². The average Bonchev–Trinajstić information content (AvgIpc) is 2.66. The summed E-state index contributed by atoms with van der Waals surface area (Å²) in [5.74, 6) is 0. The first kappa shape index (κ1) is 24.3. The number of rotatable bonds is 10. The summed E-state index contributed by atoms with van der Waals surface area (Å²) in [6.45, 7) is 11.4. The number of aromatic nitrogens is 1. The van der Waals surface area contributed by atoms with Crippen LogP contribution in [0.3, 0.4) is 0 Å². The first-order valence-corrected chi connectivity index (χ1v) is 8.76. The summed E-state index contributed by atoms with van der Waals surface area (Å²) in [6, 6.07) is 1.54. The fraction of sp³-hybridized carbons (Fsp3) is 0.286. The van der Waals surface area contributed by atoms with Gasteiger partial charge in [-0.15, -0.1) is 0 Å². The fourth-order valence-corrected chi connectivity index (χ4v) is 2.42. The van der Waals surface area contributed by atoms with Gasteiger partial charge in [-0.25, -0.2) is 9.37 Å². The molecule has 1 aromatic rings. The lowest BCUT2D eigenvalue weighted by molar-refractivity contribution is -0.0689. The van der Waals surface area contributed by atoms with Crippen molar-refractivity contribution in [1.82, 2.24) is 15.2 Å². The summed E-state index contributed by atoms with van der Waals surface area (Å²) < 4.78 is 53.2. The van der Waals surface area contributed by atoms with Crippen LogP contribution in [0.5, 0.6) is 0 Å². The average molecular weight is 410 g/mol. The van der Waals surface area contributed by atoms with Crippen molar-refractivity contribution < 1.29 is 17.6 Å². The summed E-state index contributed by atoms with van der Waals surface area (Å²) in [5.41, 5.74) is 5.03. The zero-order chi connectivity index (χ0) is 22.2. The molecule has 0 bridgehead atoms. The zero-order valence-electron chi connectivity index (χ0n) is 16.6. The molecule has 29 heavy (non-hydrogen) atoms. The largest absolute Gasteiger partial charge is 0.417 e. The van der Waals surface area contributed by atoms with Gasteiger partial charge >= 0.3 is 6.18 Å². The van der Waals surface area contributed by atoms with Crippen LogP contribution in [-0.4, -0.2) is 43.2 Å². The van der Waals surface area contributed by atoms with Gasteiger partial charge in [0.15, 0.2) is 0 Å². The van der Waals surface area contributed by atoms with E-state index in [1.165, 1.54) is 18.2 Å². The maximum absolute atomic E-state index is 13.3. The molecule has 4 nitrogen and oxygen atoms in total. The van der Waals surface area contributed by atoms with Crippen molar-refractivity contribution in [2.75, 3.05) is 27.2 Å². The van der Waals surface area contributed by atoms with Crippen LogP contribution >= 0.6 is 0 Å². The molecule has 0 saturated carbocycles. The Hall–Kier alpha value is -2.71. The van der Waals surface area contributed by atoms with Crippen molar-refractivity contribution in [3.63, 3.8) is 0 Å². The number of halogens is 4. The van der Waals surface area contributed by atoms with Crippen LogP contribution in [0.1, 0.15) is 28.9 Å². The lowest BCUT2D eigenvalue weighted by atomic mass is 9.98. The predicted octanol–water partition coefficient (Wildman–Crippen LogP) is 4.59. The van der Waals surface area contributed by atoms with Crippen LogP contribution in [-0.2, 0) is 0 Å². The Kier molecular flexibility index (Phi) is 9.00. The first-order valence-electron chi connectivity index (χ1n) is 8.76. The Balaban J connectivity index is 3.46. The number of allylic oxidation sites excluding steroid dienone is 1. The van der Waals surface area contributed by atoms with Gasteiger partial charge in [-0.3, -0.25) is 0 Å². The molecule has 3 N–H and O–H groups in total. The number of pyridine rings is 1. The Morgan fingerprint density at radius 1 is 1.31 bits per heavy atom. The molecule has 0 aromatic carbocycles. The van der Waals surface area contributed by atoms with Gasteiger partial charge < -0.3 is 16.0 Å². The minimum absolute atomic E-state index is 0.0977. The van der Waals surface area contributed by atoms with E-state index >= 15 is 0 Å².